The summed E-state index contributed by atoms with van der Waals surface area (Å²) in [7, 11) is 0. The summed E-state index contributed by atoms with van der Waals surface area (Å²) in [4.78, 5) is 0. The molecule has 88 valence electrons. The SMILES string of the molecule is Fc1ccc(OCc2ccccc2F)cc1F. The minimum Gasteiger partial charge on any atom is -0.489 e. The molecule has 4 heteroatoms. The average Bonchev–Trinajstić information content (AvgIpc) is 2.32. The van der Waals surface area contributed by atoms with Crippen molar-refractivity contribution in [2.45, 2.75) is 6.61 Å². The molecule has 0 N–H and O–H groups in total. The van der Waals surface area contributed by atoms with Gasteiger partial charge in [0.25, 0.3) is 0 Å². The number of rotatable bonds is 3. The smallest absolute Gasteiger partial charge is 0.162 e. The Bertz CT molecular complexity index is 526. The lowest BCUT2D eigenvalue weighted by Crippen LogP contribution is -1.98. The van der Waals surface area contributed by atoms with Gasteiger partial charge in [0.05, 0.1) is 0 Å². The summed E-state index contributed by atoms with van der Waals surface area (Å²) in [5, 5.41) is 0. The van der Waals surface area contributed by atoms with Crippen LogP contribution >= 0.6 is 0 Å². The fraction of sp³-hybridized carbons (Fsp3) is 0.0769. The molecular formula is C13H9F3O. The monoisotopic (exact) mass is 238 g/mol. The number of halogens is 3. The molecular weight excluding hydrogens is 229 g/mol. The maximum atomic E-state index is 13.2. The first-order valence-electron chi connectivity index (χ1n) is 4.98. The van der Waals surface area contributed by atoms with E-state index in [1.54, 1.807) is 18.2 Å². The van der Waals surface area contributed by atoms with Crippen molar-refractivity contribution in [1.29, 1.82) is 0 Å². The molecule has 0 aliphatic heterocycles. The number of ether oxygens (including phenoxy) is 1. The van der Waals surface area contributed by atoms with Gasteiger partial charge in [0, 0.05) is 11.6 Å². The van der Waals surface area contributed by atoms with E-state index in [4.69, 9.17) is 4.74 Å². The van der Waals surface area contributed by atoms with Crippen molar-refractivity contribution >= 4 is 0 Å². The molecule has 2 aromatic carbocycles. The van der Waals surface area contributed by atoms with Crippen LogP contribution in [0.1, 0.15) is 5.56 Å². The molecule has 2 aromatic rings. The van der Waals surface area contributed by atoms with Gasteiger partial charge in [-0.1, -0.05) is 18.2 Å². The van der Waals surface area contributed by atoms with Crippen molar-refractivity contribution in [1.82, 2.24) is 0 Å². The molecule has 2 rings (SSSR count). The molecule has 0 saturated carbocycles. The summed E-state index contributed by atoms with van der Waals surface area (Å²) in [5.41, 5.74) is 0.359. The van der Waals surface area contributed by atoms with E-state index in [9.17, 15) is 13.2 Å². The molecule has 0 amide bonds. The minimum absolute atomic E-state index is 0.0300. The van der Waals surface area contributed by atoms with Crippen LogP contribution in [0.5, 0.6) is 5.75 Å². The summed E-state index contributed by atoms with van der Waals surface area (Å²) in [6.07, 6.45) is 0. The van der Waals surface area contributed by atoms with Gasteiger partial charge in [-0.3, -0.25) is 0 Å². The van der Waals surface area contributed by atoms with Crippen LogP contribution in [0.25, 0.3) is 0 Å². The van der Waals surface area contributed by atoms with Crippen molar-refractivity contribution < 1.29 is 17.9 Å². The number of hydrogen-bond acceptors (Lipinski definition) is 1. The predicted octanol–water partition coefficient (Wildman–Crippen LogP) is 3.68. The first-order valence-corrected chi connectivity index (χ1v) is 4.98. The molecule has 0 unspecified atom stereocenters. The molecule has 0 aliphatic rings. The standard InChI is InChI=1S/C13H9F3O/c14-11-4-2-1-3-9(11)8-17-10-5-6-12(15)13(16)7-10/h1-7H,8H2. The normalized spacial score (nSPS) is 10.3. The molecule has 0 spiro atoms. The fourth-order valence-corrected chi connectivity index (χ4v) is 1.34. The van der Waals surface area contributed by atoms with Crippen LogP contribution in [0.15, 0.2) is 42.5 Å². The van der Waals surface area contributed by atoms with Crippen molar-refractivity contribution in [3.05, 3.63) is 65.5 Å². The predicted molar refractivity (Wildman–Crippen MR) is 57.1 cm³/mol. The molecule has 0 atom stereocenters. The van der Waals surface area contributed by atoms with Gasteiger partial charge >= 0.3 is 0 Å². The first-order chi connectivity index (χ1) is 8.16. The molecule has 0 aromatic heterocycles. The maximum Gasteiger partial charge on any atom is 0.162 e. The van der Waals surface area contributed by atoms with Crippen molar-refractivity contribution in [2.75, 3.05) is 0 Å². The molecule has 1 nitrogen and oxygen atoms in total. The van der Waals surface area contributed by atoms with E-state index in [-0.39, 0.29) is 12.4 Å². The van der Waals surface area contributed by atoms with Crippen LogP contribution < -0.4 is 4.74 Å². The molecule has 0 aliphatic carbocycles. The Morgan fingerprint density at radius 2 is 1.59 bits per heavy atom. The summed E-state index contributed by atoms with van der Waals surface area (Å²) in [6.45, 7) is -0.0300. The average molecular weight is 238 g/mol. The second-order valence-corrected chi connectivity index (χ2v) is 3.46. The third kappa shape index (κ3) is 2.78. The second kappa shape index (κ2) is 4.91. The first kappa shape index (κ1) is 11.5. The van der Waals surface area contributed by atoms with E-state index in [1.165, 1.54) is 12.1 Å². The van der Waals surface area contributed by atoms with E-state index in [1.807, 2.05) is 0 Å². The molecule has 17 heavy (non-hydrogen) atoms. The Morgan fingerprint density at radius 1 is 0.824 bits per heavy atom. The number of hydrogen-bond donors (Lipinski definition) is 0. The lowest BCUT2D eigenvalue weighted by Gasteiger charge is -2.07. The van der Waals surface area contributed by atoms with E-state index in [0.29, 0.717) is 5.56 Å². The van der Waals surface area contributed by atoms with Gasteiger partial charge in [-0.2, -0.15) is 0 Å². The van der Waals surface area contributed by atoms with E-state index in [0.717, 1.165) is 12.1 Å². The third-order valence-electron chi connectivity index (χ3n) is 2.24. The van der Waals surface area contributed by atoms with E-state index < -0.39 is 17.5 Å². The Hall–Kier alpha value is -1.97. The van der Waals surface area contributed by atoms with Gasteiger partial charge in [-0.15, -0.1) is 0 Å². The molecule has 0 radical (unpaired) electrons. The highest BCUT2D eigenvalue weighted by molar-refractivity contribution is 5.24. The molecule has 0 heterocycles. The van der Waals surface area contributed by atoms with E-state index >= 15 is 0 Å². The molecule has 0 bridgehead atoms. The van der Waals surface area contributed by atoms with Crippen molar-refractivity contribution in [3.8, 4) is 5.75 Å². The Labute approximate surface area is 96.5 Å². The van der Waals surface area contributed by atoms with Gasteiger partial charge in [-0.25, -0.2) is 13.2 Å². The lowest BCUT2D eigenvalue weighted by atomic mass is 10.2. The van der Waals surface area contributed by atoms with E-state index in [2.05, 4.69) is 0 Å². The minimum atomic E-state index is -0.990. The van der Waals surface area contributed by atoms with Crippen LogP contribution in [0.2, 0.25) is 0 Å². The summed E-state index contributed by atoms with van der Waals surface area (Å²) >= 11 is 0. The zero-order valence-electron chi connectivity index (χ0n) is 8.79. The van der Waals surface area contributed by atoms with Crippen LogP contribution in [0.4, 0.5) is 13.2 Å². The Kier molecular flexibility index (Phi) is 3.32. The topological polar surface area (TPSA) is 9.23 Å². The zero-order valence-corrected chi connectivity index (χ0v) is 8.79. The Morgan fingerprint density at radius 3 is 2.29 bits per heavy atom. The fourth-order valence-electron chi connectivity index (χ4n) is 1.34. The molecule has 0 fully saturated rings. The van der Waals surface area contributed by atoms with Gasteiger partial charge in [-0.05, 0) is 18.2 Å². The highest BCUT2D eigenvalue weighted by Gasteiger charge is 2.05. The number of benzene rings is 2. The Balaban J connectivity index is 2.08. The quantitative estimate of drug-likeness (QED) is 0.792. The summed E-state index contributed by atoms with van der Waals surface area (Å²) in [6, 6.07) is 9.30. The van der Waals surface area contributed by atoms with Crippen LogP contribution in [0.3, 0.4) is 0 Å². The van der Waals surface area contributed by atoms with Gasteiger partial charge in [0.1, 0.15) is 18.2 Å². The largest absolute Gasteiger partial charge is 0.489 e. The maximum absolute atomic E-state index is 13.2. The van der Waals surface area contributed by atoms with Crippen LogP contribution in [0, 0.1) is 17.5 Å². The zero-order chi connectivity index (χ0) is 12.3. The highest BCUT2D eigenvalue weighted by atomic mass is 19.2. The van der Waals surface area contributed by atoms with Gasteiger partial charge in [0.15, 0.2) is 11.6 Å². The van der Waals surface area contributed by atoms with Gasteiger partial charge < -0.3 is 4.74 Å². The third-order valence-corrected chi connectivity index (χ3v) is 2.24. The van der Waals surface area contributed by atoms with Crippen molar-refractivity contribution in [2.24, 2.45) is 0 Å². The summed E-state index contributed by atoms with van der Waals surface area (Å²) < 4.78 is 43.9. The van der Waals surface area contributed by atoms with Gasteiger partial charge in [0.2, 0.25) is 0 Å². The highest BCUT2D eigenvalue weighted by Crippen LogP contribution is 2.17. The summed E-state index contributed by atoms with van der Waals surface area (Å²) in [5.74, 6) is -2.17. The second-order valence-electron chi connectivity index (χ2n) is 3.46. The lowest BCUT2D eigenvalue weighted by molar-refractivity contribution is 0.297. The van der Waals surface area contributed by atoms with Crippen LogP contribution in [-0.2, 0) is 6.61 Å². The van der Waals surface area contributed by atoms with Crippen LogP contribution in [-0.4, -0.2) is 0 Å². The molecule has 0 saturated heterocycles. The van der Waals surface area contributed by atoms with Crippen molar-refractivity contribution in [3.63, 3.8) is 0 Å².